The second-order valence-corrected chi connectivity index (χ2v) is 6.54. The molecule has 0 saturated carbocycles. The van der Waals surface area contributed by atoms with Gasteiger partial charge < -0.3 is 20.7 Å². The molecule has 0 saturated heterocycles. The van der Waals surface area contributed by atoms with Crippen LogP contribution in [0.3, 0.4) is 0 Å². The lowest BCUT2D eigenvalue weighted by molar-refractivity contribution is -0.394. The van der Waals surface area contributed by atoms with Crippen molar-refractivity contribution in [3.05, 3.63) is 57.7 Å². The van der Waals surface area contributed by atoms with Crippen LogP contribution in [0.15, 0.2) is 37.4 Å². The third-order valence-electron chi connectivity index (χ3n) is 4.17. The molecule has 0 aliphatic rings. The van der Waals surface area contributed by atoms with E-state index in [0.29, 0.717) is 45.3 Å². The van der Waals surface area contributed by atoms with Gasteiger partial charge in [0.05, 0.1) is 28.2 Å². The predicted molar refractivity (Wildman–Crippen MR) is 119 cm³/mol. The molecule has 0 unspecified atom stereocenters. The molecule has 174 valence electrons. The monoisotopic (exact) mass is 449 g/mol. The van der Waals surface area contributed by atoms with E-state index in [1.807, 2.05) is 0 Å². The minimum atomic E-state index is -0.733. The molecule has 0 fully saturated rings. The van der Waals surface area contributed by atoms with Crippen molar-refractivity contribution in [1.29, 1.82) is 0 Å². The molecule has 0 atom stereocenters. The second-order valence-electron chi connectivity index (χ2n) is 6.54. The van der Waals surface area contributed by atoms with Crippen LogP contribution in [0.25, 0.3) is 0 Å². The molecule has 0 aromatic heterocycles. The summed E-state index contributed by atoms with van der Waals surface area (Å²) in [6, 6.07) is 2.04. The summed E-state index contributed by atoms with van der Waals surface area (Å²) in [6.45, 7) is 7.98. The second kappa shape index (κ2) is 14.1. The summed E-state index contributed by atoms with van der Waals surface area (Å²) >= 11 is 0. The molecule has 2 amide bonds. The van der Waals surface area contributed by atoms with E-state index in [0.717, 1.165) is 18.2 Å². The number of non-ortho nitro benzene ring substituents is 1. The average Bonchev–Trinajstić information content (AvgIpc) is 2.77. The summed E-state index contributed by atoms with van der Waals surface area (Å²) in [5.74, 6) is -0.671. The molecular weight excluding hydrogens is 422 g/mol. The fourth-order valence-corrected chi connectivity index (χ4v) is 2.56. The van der Waals surface area contributed by atoms with Gasteiger partial charge in [-0.05, 0) is 37.8 Å². The number of nitro groups is 2. The number of hydrogen-bond donors (Lipinski definition) is 3. The Morgan fingerprint density at radius 2 is 1.47 bits per heavy atom. The number of benzene rings is 1. The van der Waals surface area contributed by atoms with Crippen molar-refractivity contribution < 1.29 is 24.2 Å². The summed E-state index contributed by atoms with van der Waals surface area (Å²) in [6.07, 6.45) is 4.60. The molecule has 0 bridgehead atoms. The quantitative estimate of drug-likeness (QED) is 0.150. The van der Waals surface area contributed by atoms with Gasteiger partial charge in [-0.2, -0.15) is 0 Å². The number of hydrogen-bond acceptors (Lipinski definition) is 8. The lowest BCUT2D eigenvalue weighted by Crippen LogP contribution is -2.22. The number of carbonyl (C=O) groups is 2. The molecule has 1 aromatic carbocycles. The summed E-state index contributed by atoms with van der Waals surface area (Å²) in [5.41, 5.74) is -0.808. The largest absolute Gasteiger partial charge is 0.485 e. The van der Waals surface area contributed by atoms with E-state index in [-0.39, 0.29) is 29.9 Å². The van der Waals surface area contributed by atoms with Crippen molar-refractivity contribution in [1.82, 2.24) is 10.6 Å². The Labute approximate surface area is 185 Å². The van der Waals surface area contributed by atoms with Crippen LogP contribution in [0.4, 0.5) is 17.1 Å². The Bertz CT molecular complexity index is 857. The SMILES string of the molecule is C=CC(=O)NCCCCNc1cc([N+](=O)[O-])cc([N+](=O)[O-])c1OCCCCNC(=O)C=C. The Hall–Kier alpha value is -3.96. The highest BCUT2D eigenvalue weighted by molar-refractivity contribution is 5.87. The fourth-order valence-electron chi connectivity index (χ4n) is 2.56. The molecule has 0 spiro atoms. The molecule has 0 aliphatic carbocycles. The zero-order valence-corrected chi connectivity index (χ0v) is 17.6. The van der Waals surface area contributed by atoms with E-state index in [1.54, 1.807) is 0 Å². The first-order valence-corrected chi connectivity index (χ1v) is 9.94. The van der Waals surface area contributed by atoms with Crippen molar-refractivity contribution in [2.45, 2.75) is 25.7 Å². The third kappa shape index (κ3) is 9.24. The molecule has 0 radical (unpaired) electrons. The maximum absolute atomic E-state index is 11.5. The van der Waals surface area contributed by atoms with Crippen molar-refractivity contribution in [3.8, 4) is 5.75 Å². The maximum Gasteiger partial charge on any atom is 0.319 e. The van der Waals surface area contributed by atoms with Gasteiger partial charge in [0, 0.05) is 25.7 Å². The summed E-state index contributed by atoms with van der Waals surface area (Å²) in [5, 5.41) is 30.8. The van der Waals surface area contributed by atoms with Gasteiger partial charge in [0.2, 0.25) is 17.6 Å². The third-order valence-corrected chi connectivity index (χ3v) is 4.17. The van der Waals surface area contributed by atoms with Gasteiger partial charge in [0.1, 0.15) is 0 Å². The molecule has 1 rings (SSSR count). The van der Waals surface area contributed by atoms with E-state index in [1.165, 1.54) is 6.07 Å². The normalized spacial score (nSPS) is 10.0. The number of nitro benzene ring substituents is 2. The van der Waals surface area contributed by atoms with Gasteiger partial charge >= 0.3 is 5.69 Å². The van der Waals surface area contributed by atoms with E-state index in [9.17, 15) is 29.8 Å². The highest BCUT2D eigenvalue weighted by Gasteiger charge is 2.25. The number of nitrogens with one attached hydrogen (secondary N) is 3. The zero-order chi connectivity index (χ0) is 23.9. The summed E-state index contributed by atoms with van der Waals surface area (Å²) in [7, 11) is 0. The first kappa shape index (κ1) is 26.1. The van der Waals surface area contributed by atoms with Crippen LogP contribution in [0.1, 0.15) is 25.7 Å². The van der Waals surface area contributed by atoms with E-state index in [4.69, 9.17) is 4.74 Å². The van der Waals surface area contributed by atoms with Crippen LogP contribution in [0.2, 0.25) is 0 Å². The van der Waals surface area contributed by atoms with Crippen molar-refractivity contribution in [3.63, 3.8) is 0 Å². The Morgan fingerprint density at radius 3 is 2.00 bits per heavy atom. The number of unbranched alkanes of at least 4 members (excludes halogenated alkanes) is 2. The van der Waals surface area contributed by atoms with Crippen molar-refractivity contribution in [2.75, 3.05) is 31.6 Å². The molecule has 12 heteroatoms. The average molecular weight is 449 g/mol. The van der Waals surface area contributed by atoms with Gasteiger partial charge in [0.25, 0.3) is 5.69 Å². The van der Waals surface area contributed by atoms with Crippen molar-refractivity contribution >= 4 is 28.9 Å². The van der Waals surface area contributed by atoms with Crippen molar-refractivity contribution in [2.24, 2.45) is 0 Å². The smallest absolute Gasteiger partial charge is 0.319 e. The summed E-state index contributed by atoms with van der Waals surface area (Å²) in [4.78, 5) is 43.4. The molecule has 32 heavy (non-hydrogen) atoms. The number of anilines is 1. The molecule has 0 aliphatic heterocycles. The number of rotatable bonds is 16. The van der Waals surface area contributed by atoms with Gasteiger partial charge in [-0.25, -0.2) is 0 Å². The maximum atomic E-state index is 11.5. The van der Waals surface area contributed by atoms with Crippen LogP contribution in [0.5, 0.6) is 5.75 Å². The molecule has 0 heterocycles. The lowest BCUT2D eigenvalue weighted by atomic mass is 10.2. The zero-order valence-electron chi connectivity index (χ0n) is 17.6. The van der Waals surface area contributed by atoms with Gasteiger partial charge in [-0.3, -0.25) is 29.8 Å². The highest BCUT2D eigenvalue weighted by atomic mass is 16.6. The standard InChI is InChI=1S/C20H27N5O7/c1-3-18(26)22-10-6-5-9-21-16-13-15(24(28)29)14-17(25(30)31)20(16)32-12-8-7-11-23-19(27)4-2/h3-4,13-14,21H,1-2,5-12H2,(H,22,26)(H,23,27). The number of ether oxygens (including phenoxy) is 1. The minimum Gasteiger partial charge on any atom is -0.485 e. The predicted octanol–water partition coefficient (Wildman–Crippen LogP) is 2.46. The summed E-state index contributed by atoms with van der Waals surface area (Å²) < 4.78 is 5.59. The van der Waals surface area contributed by atoms with E-state index in [2.05, 4.69) is 29.1 Å². The van der Waals surface area contributed by atoms with E-state index >= 15 is 0 Å². The minimum absolute atomic E-state index is 0.0873. The van der Waals surface area contributed by atoms with Crippen LogP contribution in [0, 0.1) is 20.2 Å². The molecule has 3 N–H and O–H groups in total. The highest BCUT2D eigenvalue weighted by Crippen LogP contribution is 2.39. The Morgan fingerprint density at radius 1 is 0.906 bits per heavy atom. The molecule has 1 aromatic rings. The molecule has 12 nitrogen and oxygen atoms in total. The van der Waals surface area contributed by atoms with Gasteiger partial charge in [-0.1, -0.05) is 13.2 Å². The number of amides is 2. The Kier molecular flexibility index (Phi) is 11.5. The van der Waals surface area contributed by atoms with Crippen LogP contribution in [-0.4, -0.2) is 47.9 Å². The van der Waals surface area contributed by atoms with E-state index < -0.39 is 21.2 Å². The van der Waals surface area contributed by atoms with Gasteiger partial charge in [0.15, 0.2) is 0 Å². The number of nitrogens with zero attached hydrogens (tertiary/aromatic N) is 2. The number of carbonyl (C=O) groups excluding carboxylic acids is 2. The van der Waals surface area contributed by atoms with Crippen LogP contribution in [-0.2, 0) is 9.59 Å². The van der Waals surface area contributed by atoms with Crippen LogP contribution >= 0.6 is 0 Å². The van der Waals surface area contributed by atoms with Crippen LogP contribution < -0.4 is 20.7 Å². The topological polar surface area (TPSA) is 166 Å². The lowest BCUT2D eigenvalue weighted by Gasteiger charge is -2.14. The first-order valence-electron chi connectivity index (χ1n) is 9.94. The van der Waals surface area contributed by atoms with Gasteiger partial charge in [-0.15, -0.1) is 0 Å². The first-order chi connectivity index (χ1) is 15.3. The fraction of sp³-hybridized carbons (Fsp3) is 0.400. The molecular formula is C20H27N5O7. The Balaban J connectivity index is 2.78.